The zero-order valence-electron chi connectivity index (χ0n) is 9.60. The molecule has 0 saturated carbocycles. The molecule has 0 unspecified atom stereocenters. The highest BCUT2D eigenvalue weighted by atomic mass is 16.1. The second kappa shape index (κ2) is 4.70. The quantitative estimate of drug-likeness (QED) is 0.773. The average Bonchev–Trinajstić information content (AvgIpc) is 2.29. The number of amides is 1. The predicted octanol–water partition coefficient (Wildman–Crippen LogP) is 2.83. The van der Waals surface area contributed by atoms with E-state index >= 15 is 0 Å². The van der Waals surface area contributed by atoms with Crippen LogP contribution in [0.4, 0.5) is 11.4 Å². The van der Waals surface area contributed by atoms with Crippen molar-refractivity contribution < 1.29 is 4.79 Å². The minimum atomic E-state index is -0.129. The molecule has 0 heterocycles. The molecule has 0 aliphatic carbocycles. The molecule has 0 aromatic heterocycles. The summed E-state index contributed by atoms with van der Waals surface area (Å²) in [6, 6.07) is 14.5. The lowest BCUT2D eigenvalue weighted by Crippen LogP contribution is -2.11. The van der Waals surface area contributed by atoms with Gasteiger partial charge in [-0.1, -0.05) is 23.8 Å². The normalized spacial score (nSPS) is 9.94. The summed E-state index contributed by atoms with van der Waals surface area (Å²) in [6.45, 7) is 1.99. The lowest BCUT2D eigenvalue weighted by molar-refractivity contribution is 0.102. The van der Waals surface area contributed by atoms with Crippen molar-refractivity contribution in [3.63, 3.8) is 0 Å². The minimum Gasteiger partial charge on any atom is -0.399 e. The van der Waals surface area contributed by atoms with Gasteiger partial charge in [-0.2, -0.15) is 0 Å². The van der Waals surface area contributed by atoms with Crippen molar-refractivity contribution in [1.82, 2.24) is 0 Å². The van der Waals surface area contributed by atoms with Crippen LogP contribution in [0.15, 0.2) is 48.5 Å². The van der Waals surface area contributed by atoms with Crippen molar-refractivity contribution in [2.75, 3.05) is 11.1 Å². The fourth-order valence-corrected chi connectivity index (χ4v) is 1.52. The summed E-state index contributed by atoms with van der Waals surface area (Å²) < 4.78 is 0. The predicted molar refractivity (Wildman–Crippen MR) is 70.0 cm³/mol. The van der Waals surface area contributed by atoms with E-state index in [9.17, 15) is 4.79 Å². The Morgan fingerprint density at radius 2 is 1.82 bits per heavy atom. The van der Waals surface area contributed by atoms with Crippen molar-refractivity contribution in [2.45, 2.75) is 6.92 Å². The Kier molecular flexibility index (Phi) is 3.10. The van der Waals surface area contributed by atoms with Gasteiger partial charge in [0.05, 0.1) is 0 Å². The van der Waals surface area contributed by atoms with E-state index in [1.807, 2.05) is 25.1 Å². The van der Waals surface area contributed by atoms with Crippen LogP contribution in [0.2, 0.25) is 0 Å². The van der Waals surface area contributed by atoms with Crippen molar-refractivity contribution in [3.05, 3.63) is 59.7 Å². The number of nitrogens with one attached hydrogen (secondary N) is 1. The third-order valence-corrected chi connectivity index (χ3v) is 2.46. The highest BCUT2D eigenvalue weighted by Crippen LogP contribution is 2.13. The van der Waals surface area contributed by atoms with E-state index in [4.69, 9.17) is 5.73 Å². The highest BCUT2D eigenvalue weighted by Gasteiger charge is 2.05. The number of anilines is 2. The molecule has 0 atom stereocenters. The summed E-state index contributed by atoms with van der Waals surface area (Å²) in [5, 5.41) is 2.80. The lowest BCUT2D eigenvalue weighted by Gasteiger charge is -2.06. The molecule has 3 N–H and O–H groups in total. The molecule has 86 valence electrons. The third kappa shape index (κ3) is 2.84. The van der Waals surface area contributed by atoms with E-state index in [1.54, 1.807) is 30.3 Å². The van der Waals surface area contributed by atoms with E-state index < -0.39 is 0 Å². The Morgan fingerprint density at radius 1 is 1.12 bits per heavy atom. The van der Waals surface area contributed by atoms with Gasteiger partial charge in [-0.25, -0.2) is 0 Å². The first-order valence-corrected chi connectivity index (χ1v) is 5.39. The van der Waals surface area contributed by atoms with E-state index in [-0.39, 0.29) is 5.91 Å². The van der Waals surface area contributed by atoms with Crippen LogP contribution < -0.4 is 11.1 Å². The Morgan fingerprint density at radius 3 is 2.47 bits per heavy atom. The van der Waals surface area contributed by atoms with Gasteiger partial charge in [-0.05, 0) is 37.3 Å². The van der Waals surface area contributed by atoms with Gasteiger partial charge in [0.2, 0.25) is 0 Å². The van der Waals surface area contributed by atoms with Gasteiger partial charge in [-0.3, -0.25) is 4.79 Å². The molecular formula is C14H14N2O. The van der Waals surface area contributed by atoms with Crippen LogP contribution >= 0.6 is 0 Å². The van der Waals surface area contributed by atoms with Crippen molar-refractivity contribution in [2.24, 2.45) is 0 Å². The SMILES string of the molecule is Cc1ccc(C(=O)Nc2cccc(N)c2)cc1. The van der Waals surface area contributed by atoms with Crippen molar-refractivity contribution in [1.29, 1.82) is 0 Å². The molecule has 2 aromatic carbocycles. The highest BCUT2D eigenvalue weighted by molar-refractivity contribution is 6.04. The summed E-state index contributed by atoms with van der Waals surface area (Å²) in [4.78, 5) is 11.9. The number of carbonyl (C=O) groups is 1. The molecule has 2 rings (SSSR count). The number of nitrogens with two attached hydrogens (primary N) is 1. The van der Waals surface area contributed by atoms with Gasteiger partial charge in [-0.15, -0.1) is 0 Å². The maximum atomic E-state index is 11.9. The smallest absolute Gasteiger partial charge is 0.255 e. The molecule has 3 heteroatoms. The number of carbonyl (C=O) groups excluding carboxylic acids is 1. The Balaban J connectivity index is 2.14. The van der Waals surface area contributed by atoms with E-state index in [0.29, 0.717) is 16.9 Å². The number of nitrogen functional groups attached to an aromatic ring is 1. The fraction of sp³-hybridized carbons (Fsp3) is 0.0714. The summed E-state index contributed by atoms with van der Waals surface area (Å²) >= 11 is 0. The Labute approximate surface area is 100 Å². The number of hydrogen-bond donors (Lipinski definition) is 2. The molecule has 0 spiro atoms. The van der Waals surface area contributed by atoms with Gasteiger partial charge >= 0.3 is 0 Å². The number of hydrogen-bond acceptors (Lipinski definition) is 2. The van der Waals surface area contributed by atoms with Crippen molar-refractivity contribution in [3.8, 4) is 0 Å². The topological polar surface area (TPSA) is 55.1 Å². The van der Waals surface area contributed by atoms with Crippen LogP contribution in [0, 0.1) is 6.92 Å². The largest absolute Gasteiger partial charge is 0.399 e. The standard InChI is InChI=1S/C14H14N2O/c1-10-5-7-11(8-6-10)14(17)16-13-4-2-3-12(15)9-13/h2-9H,15H2,1H3,(H,16,17). The van der Waals surface area contributed by atoms with Crippen LogP contribution in [-0.2, 0) is 0 Å². The van der Waals surface area contributed by atoms with Gasteiger partial charge < -0.3 is 11.1 Å². The molecule has 0 radical (unpaired) electrons. The summed E-state index contributed by atoms with van der Waals surface area (Å²) in [5.74, 6) is -0.129. The minimum absolute atomic E-state index is 0.129. The first-order valence-electron chi connectivity index (χ1n) is 5.39. The zero-order chi connectivity index (χ0) is 12.3. The molecule has 0 bridgehead atoms. The van der Waals surface area contributed by atoms with E-state index in [1.165, 1.54) is 0 Å². The molecule has 0 fully saturated rings. The first kappa shape index (κ1) is 11.2. The fourth-order valence-electron chi connectivity index (χ4n) is 1.52. The van der Waals surface area contributed by atoms with Crippen LogP contribution in [0.1, 0.15) is 15.9 Å². The molecule has 2 aromatic rings. The van der Waals surface area contributed by atoms with Crippen molar-refractivity contribution >= 4 is 17.3 Å². The molecule has 17 heavy (non-hydrogen) atoms. The third-order valence-electron chi connectivity index (χ3n) is 2.46. The monoisotopic (exact) mass is 226 g/mol. The van der Waals surface area contributed by atoms with Crippen LogP contribution in [0.25, 0.3) is 0 Å². The molecule has 1 amide bonds. The van der Waals surface area contributed by atoms with Crippen LogP contribution in [-0.4, -0.2) is 5.91 Å². The van der Waals surface area contributed by atoms with Gasteiger partial charge in [0.25, 0.3) is 5.91 Å². The summed E-state index contributed by atoms with van der Waals surface area (Å²) in [5.41, 5.74) is 8.74. The molecule has 0 saturated heterocycles. The number of benzene rings is 2. The molecule has 0 aliphatic rings. The lowest BCUT2D eigenvalue weighted by atomic mass is 10.1. The van der Waals surface area contributed by atoms with Gasteiger partial charge in [0, 0.05) is 16.9 Å². The Hall–Kier alpha value is -2.29. The first-order chi connectivity index (χ1) is 8.15. The maximum Gasteiger partial charge on any atom is 0.255 e. The molecule has 0 aliphatic heterocycles. The second-order valence-corrected chi connectivity index (χ2v) is 3.95. The zero-order valence-corrected chi connectivity index (χ0v) is 9.60. The number of rotatable bonds is 2. The Bertz CT molecular complexity index is 532. The second-order valence-electron chi connectivity index (χ2n) is 3.95. The number of aryl methyl sites for hydroxylation is 1. The summed E-state index contributed by atoms with van der Waals surface area (Å²) in [6.07, 6.45) is 0. The molecule has 3 nitrogen and oxygen atoms in total. The van der Waals surface area contributed by atoms with E-state index in [2.05, 4.69) is 5.32 Å². The summed E-state index contributed by atoms with van der Waals surface area (Å²) in [7, 11) is 0. The van der Waals surface area contributed by atoms with Crippen LogP contribution in [0.5, 0.6) is 0 Å². The average molecular weight is 226 g/mol. The maximum absolute atomic E-state index is 11.9. The van der Waals surface area contributed by atoms with Gasteiger partial charge in [0.1, 0.15) is 0 Å². The molecular weight excluding hydrogens is 212 g/mol. The van der Waals surface area contributed by atoms with Crippen LogP contribution in [0.3, 0.4) is 0 Å². The van der Waals surface area contributed by atoms with Gasteiger partial charge in [0.15, 0.2) is 0 Å². The van der Waals surface area contributed by atoms with E-state index in [0.717, 1.165) is 5.56 Å².